The number of rotatable bonds is 6. The van der Waals surface area contributed by atoms with Crippen molar-refractivity contribution in [3.05, 3.63) is 78.0 Å². The zero-order valence-electron chi connectivity index (χ0n) is 13.3. The summed E-state index contributed by atoms with van der Waals surface area (Å²) in [5.41, 5.74) is 0.649. The van der Waals surface area contributed by atoms with E-state index < -0.39 is 6.04 Å². The molecule has 124 valence electrons. The average molecular weight is 327 g/mol. The molecule has 0 aliphatic rings. The van der Waals surface area contributed by atoms with Crippen LogP contribution in [0.15, 0.2) is 59.5 Å². The van der Waals surface area contributed by atoms with Gasteiger partial charge in [0.1, 0.15) is 23.4 Å². The Labute approximate surface area is 139 Å². The zero-order chi connectivity index (χ0) is 16.9. The standard InChI is InChI=1S/C18H18FN3O2/c1-22-10-9-20-18(22)17(13-4-2-5-14(19)12-13)21-16(23)8-7-15-6-3-11-24-15/h2-6,9-12,17H,7-8H2,1H3,(H,21,23)/t17-/m0/s1. The summed E-state index contributed by atoms with van der Waals surface area (Å²) in [6.45, 7) is 0. The van der Waals surface area contributed by atoms with Crippen molar-refractivity contribution in [2.75, 3.05) is 0 Å². The summed E-state index contributed by atoms with van der Waals surface area (Å²) >= 11 is 0. The highest BCUT2D eigenvalue weighted by molar-refractivity contribution is 5.77. The van der Waals surface area contributed by atoms with Crippen LogP contribution in [0.25, 0.3) is 0 Å². The van der Waals surface area contributed by atoms with Crippen LogP contribution >= 0.6 is 0 Å². The monoisotopic (exact) mass is 327 g/mol. The molecule has 1 N–H and O–H groups in total. The van der Waals surface area contributed by atoms with Gasteiger partial charge in [-0.05, 0) is 29.8 Å². The minimum Gasteiger partial charge on any atom is -0.469 e. The topological polar surface area (TPSA) is 60.1 Å². The number of amides is 1. The van der Waals surface area contributed by atoms with Crippen LogP contribution in [0.2, 0.25) is 0 Å². The second-order valence-corrected chi connectivity index (χ2v) is 5.53. The maximum absolute atomic E-state index is 13.6. The predicted molar refractivity (Wildman–Crippen MR) is 86.6 cm³/mol. The lowest BCUT2D eigenvalue weighted by molar-refractivity contribution is -0.121. The largest absolute Gasteiger partial charge is 0.469 e. The van der Waals surface area contributed by atoms with Crippen LogP contribution in [-0.2, 0) is 18.3 Å². The fourth-order valence-electron chi connectivity index (χ4n) is 2.56. The Bertz CT molecular complexity index is 811. The Morgan fingerprint density at radius 1 is 1.38 bits per heavy atom. The minimum atomic E-state index is -0.509. The van der Waals surface area contributed by atoms with Crippen LogP contribution in [0.1, 0.15) is 29.6 Å². The number of aromatic nitrogens is 2. The van der Waals surface area contributed by atoms with Crippen molar-refractivity contribution >= 4 is 5.91 Å². The Kier molecular flexibility index (Phi) is 4.74. The molecular weight excluding hydrogens is 309 g/mol. The molecule has 3 rings (SSSR count). The first-order valence-corrected chi connectivity index (χ1v) is 7.68. The van der Waals surface area contributed by atoms with E-state index in [1.165, 1.54) is 12.1 Å². The molecule has 0 fully saturated rings. The Balaban J connectivity index is 1.77. The number of imidazole rings is 1. The lowest BCUT2D eigenvalue weighted by Gasteiger charge is -2.19. The van der Waals surface area contributed by atoms with Gasteiger partial charge in [-0.15, -0.1) is 0 Å². The zero-order valence-corrected chi connectivity index (χ0v) is 13.3. The van der Waals surface area contributed by atoms with Gasteiger partial charge >= 0.3 is 0 Å². The maximum Gasteiger partial charge on any atom is 0.221 e. The first-order chi connectivity index (χ1) is 11.6. The van der Waals surface area contributed by atoms with E-state index in [0.29, 0.717) is 17.8 Å². The average Bonchev–Trinajstić information content (AvgIpc) is 3.22. The third-order valence-electron chi connectivity index (χ3n) is 3.78. The first-order valence-electron chi connectivity index (χ1n) is 7.68. The van der Waals surface area contributed by atoms with Crippen molar-refractivity contribution in [3.63, 3.8) is 0 Å². The summed E-state index contributed by atoms with van der Waals surface area (Å²) in [5.74, 6) is 0.900. The lowest BCUT2D eigenvalue weighted by Crippen LogP contribution is -2.31. The highest BCUT2D eigenvalue weighted by Crippen LogP contribution is 2.21. The van der Waals surface area contributed by atoms with Crippen molar-refractivity contribution in [3.8, 4) is 0 Å². The molecule has 1 atom stereocenters. The number of carbonyl (C=O) groups excluding carboxylic acids is 1. The summed E-state index contributed by atoms with van der Waals surface area (Å²) in [6.07, 6.45) is 5.81. The quantitative estimate of drug-likeness (QED) is 0.757. The smallest absolute Gasteiger partial charge is 0.221 e. The second kappa shape index (κ2) is 7.12. The van der Waals surface area contributed by atoms with E-state index in [0.717, 1.165) is 5.76 Å². The van der Waals surface area contributed by atoms with Crippen LogP contribution in [0, 0.1) is 5.82 Å². The van der Waals surface area contributed by atoms with Gasteiger partial charge in [0, 0.05) is 32.3 Å². The molecule has 3 aromatic rings. The summed E-state index contributed by atoms with van der Waals surface area (Å²) < 4.78 is 20.6. The number of nitrogens with zero attached hydrogens (tertiary/aromatic N) is 2. The van der Waals surface area contributed by atoms with E-state index in [4.69, 9.17) is 4.42 Å². The van der Waals surface area contributed by atoms with Gasteiger partial charge < -0.3 is 14.3 Å². The highest BCUT2D eigenvalue weighted by atomic mass is 19.1. The molecule has 1 amide bonds. The second-order valence-electron chi connectivity index (χ2n) is 5.53. The number of carbonyl (C=O) groups is 1. The van der Waals surface area contributed by atoms with E-state index in [1.807, 2.05) is 17.7 Å². The predicted octanol–water partition coefficient (Wildman–Crippen LogP) is 2.99. The van der Waals surface area contributed by atoms with Crippen LogP contribution in [-0.4, -0.2) is 15.5 Å². The lowest BCUT2D eigenvalue weighted by atomic mass is 10.1. The molecule has 0 aliphatic heterocycles. The SMILES string of the molecule is Cn1ccnc1[C@@H](NC(=O)CCc1ccco1)c1cccc(F)c1. The van der Waals surface area contributed by atoms with E-state index in [9.17, 15) is 9.18 Å². The molecule has 0 unspecified atom stereocenters. The molecule has 1 aromatic carbocycles. The van der Waals surface area contributed by atoms with Crippen LogP contribution in [0.3, 0.4) is 0 Å². The normalized spacial score (nSPS) is 12.1. The number of nitrogens with one attached hydrogen (secondary N) is 1. The first kappa shape index (κ1) is 16.0. The van der Waals surface area contributed by atoms with Crippen molar-refractivity contribution in [2.45, 2.75) is 18.9 Å². The Morgan fingerprint density at radius 2 is 2.25 bits per heavy atom. The number of halogens is 1. The molecule has 2 aromatic heterocycles. The van der Waals surface area contributed by atoms with Gasteiger partial charge in [-0.1, -0.05) is 12.1 Å². The third kappa shape index (κ3) is 3.71. The summed E-state index contributed by atoms with van der Waals surface area (Å²) in [5, 5.41) is 2.94. The summed E-state index contributed by atoms with van der Waals surface area (Å²) in [6, 6.07) is 9.28. The van der Waals surface area contributed by atoms with Crippen molar-refractivity contribution in [1.82, 2.24) is 14.9 Å². The van der Waals surface area contributed by atoms with Crippen LogP contribution in [0.4, 0.5) is 4.39 Å². The molecule has 0 radical (unpaired) electrons. The van der Waals surface area contributed by atoms with E-state index in [2.05, 4.69) is 10.3 Å². The fourth-order valence-corrected chi connectivity index (χ4v) is 2.56. The Hall–Kier alpha value is -2.89. The molecule has 2 heterocycles. The summed E-state index contributed by atoms with van der Waals surface area (Å²) in [4.78, 5) is 16.6. The molecule has 6 heteroatoms. The number of aryl methyl sites for hydroxylation is 2. The van der Waals surface area contributed by atoms with Crippen LogP contribution < -0.4 is 5.32 Å². The molecule has 0 saturated carbocycles. The van der Waals surface area contributed by atoms with E-state index in [-0.39, 0.29) is 18.1 Å². The minimum absolute atomic E-state index is 0.149. The molecule has 0 aliphatic carbocycles. The van der Waals surface area contributed by atoms with Gasteiger partial charge in [-0.2, -0.15) is 0 Å². The highest BCUT2D eigenvalue weighted by Gasteiger charge is 2.21. The molecule has 0 bridgehead atoms. The van der Waals surface area contributed by atoms with E-state index in [1.54, 1.807) is 36.9 Å². The number of furan rings is 1. The maximum atomic E-state index is 13.6. The molecule has 24 heavy (non-hydrogen) atoms. The molecule has 0 spiro atoms. The van der Waals surface area contributed by atoms with Gasteiger partial charge in [-0.3, -0.25) is 4.79 Å². The molecule has 0 saturated heterocycles. The Morgan fingerprint density at radius 3 is 2.92 bits per heavy atom. The fraction of sp³-hybridized carbons (Fsp3) is 0.222. The van der Waals surface area contributed by atoms with Gasteiger partial charge in [-0.25, -0.2) is 9.37 Å². The molecule has 5 nitrogen and oxygen atoms in total. The van der Waals surface area contributed by atoms with Gasteiger partial charge in [0.2, 0.25) is 5.91 Å². The van der Waals surface area contributed by atoms with Gasteiger partial charge in [0.15, 0.2) is 0 Å². The number of hydrogen-bond acceptors (Lipinski definition) is 3. The number of benzene rings is 1. The van der Waals surface area contributed by atoms with Crippen molar-refractivity contribution < 1.29 is 13.6 Å². The van der Waals surface area contributed by atoms with Crippen molar-refractivity contribution in [2.24, 2.45) is 7.05 Å². The summed E-state index contributed by atoms with van der Waals surface area (Å²) in [7, 11) is 1.84. The van der Waals surface area contributed by atoms with Crippen LogP contribution in [0.5, 0.6) is 0 Å². The van der Waals surface area contributed by atoms with Gasteiger partial charge in [0.05, 0.1) is 6.26 Å². The third-order valence-corrected chi connectivity index (χ3v) is 3.78. The van der Waals surface area contributed by atoms with Gasteiger partial charge in [0.25, 0.3) is 0 Å². The van der Waals surface area contributed by atoms with Crippen molar-refractivity contribution in [1.29, 1.82) is 0 Å². The molecular formula is C18H18FN3O2. The number of hydrogen-bond donors (Lipinski definition) is 1. The van der Waals surface area contributed by atoms with E-state index >= 15 is 0 Å².